The molecular formula is C12H24N2O2. The van der Waals surface area contributed by atoms with Gasteiger partial charge in [-0.1, -0.05) is 0 Å². The lowest BCUT2D eigenvalue weighted by Crippen LogP contribution is -2.45. The van der Waals surface area contributed by atoms with Crippen molar-refractivity contribution in [3.8, 4) is 0 Å². The number of rotatable bonds is 4. The molecule has 94 valence electrons. The predicted molar refractivity (Wildman–Crippen MR) is 64.3 cm³/mol. The van der Waals surface area contributed by atoms with Crippen molar-refractivity contribution in [2.45, 2.75) is 51.9 Å². The van der Waals surface area contributed by atoms with Crippen molar-refractivity contribution in [3.63, 3.8) is 0 Å². The van der Waals surface area contributed by atoms with Crippen LogP contribution in [0.5, 0.6) is 0 Å². The molecule has 1 saturated heterocycles. The average molecular weight is 228 g/mol. The molecule has 2 unspecified atom stereocenters. The SMILES string of the molecule is CCN(C)C(=O)CNC1CC(C)OC(C)C1. The number of hydrogen-bond donors (Lipinski definition) is 1. The number of carbonyl (C=O) groups is 1. The lowest BCUT2D eigenvalue weighted by molar-refractivity contribution is -0.129. The largest absolute Gasteiger partial charge is 0.375 e. The van der Waals surface area contributed by atoms with E-state index in [4.69, 9.17) is 4.74 Å². The van der Waals surface area contributed by atoms with Gasteiger partial charge in [-0.25, -0.2) is 0 Å². The zero-order chi connectivity index (χ0) is 12.1. The van der Waals surface area contributed by atoms with Crippen LogP contribution in [0.25, 0.3) is 0 Å². The Morgan fingerprint density at radius 2 is 1.94 bits per heavy atom. The molecule has 1 fully saturated rings. The first-order valence-corrected chi connectivity index (χ1v) is 6.15. The van der Waals surface area contributed by atoms with Crippen molar-refractivity contribution < 1.29 is 9.53 Å². The molecule has 0 aliphatic carbocycles. The van der Waals surface area contributed by atoms with Crippen LogP contribution in [0.3, 0.4) is 0 Å². The molecule has 0 aromatic carbocycles. The lowest BCUT2D eigenvalue weighted by Gasteiger charge is -2.32. The van der Waals surface area contributed by atoms with Crippen molar-refractivity contribution in [2.75, 3.05) is 20.1 Å². The number of hydrogen-bond acceptors (Lipinski definition) is 3. The van der Waals surface area contributed by atoms with Gasteiger partial charge in [-0.3, -0.25) is 4.79 Å². The Morgan fingerprint density at radius 1 is 1.38 bits per heavy atom. The molecule has 1 rings (SSSR count). The molecule has 1 amide bonds. The van der Waals surface area contributed by atoms with E-state index in [-0.39, 0.29) is 5.91 Å². The summed E-state index contributed by atoms with van der Waals surface area (Å²) in [6.45, 7) is 7.36. The minimum Gasteiger partial charge on any atom is -0.375 e. The summed E-state index contributed by atoms with van der Waals surface area (Å²) in [7, 11) is 1.83. The summed E-state index contributed by atoms with van der Waals surface area (Å²) in [5.41, 5.74) is 0. The third-order valence-electron chi connectivity index (χ3n) is 3.14. The minimum absolute atomic E-state index is 0.161. The van der Waals surface area contributed by atoms with E-state index in [1.807, 2.05) is 14.0 Å². The first-order chi connectivity index (χ1) is 7.52. The number of ether oxygens (including phenoxy) is 1. The molecule has 1 aliphatic rings. The van der Waals surface area contributed by atoms with Gasteiger partial charge in [-0.2, -0.15) is 0 Å². The molecule has 0 aromatic rings. The Morgan fingerprint density at radius 3 is 2.44 bits per heavy atom. The van der Waals surface area contributed by atoms with E-state index in [2.05, 4.69) is 19.2 Å². The molecule has 4 nitrogen and oxygen atoms in total. The van der Waals surface area contributed by atoms with Crippen molar-refractivity contribution in [1.29, 1.82) is 0 Å². The summed E-state index contributed by atoms with van der Waals surface area (Å²) in [6, 6.07) is 0.410. The maximum atomic E-state index is 11.6. The van der Waals surface area contributed by atoms with Gasteiger partial charge in [0.25, 0.3) is 0 Å². The van der Waals surface area contributed by atoms with Crippen LogP contribution in [0.4, 0.5) is 0 Å². The minimum atomic E-state index is 0.161. The smallest absolute Gasteiger partial charge is 0.236 e. The molecule has 0 aromatic heterocycles. The van der Waals surface area contributed by atoms with Gasteiger partial charge in [0.05, 0.1) is 18.8 Å². The molecule has 0 spiro atoms. The number of carbonyl (C=O) groups excluding carboxylic acids is 1. The van der Waals surface area contributed by atoms with Crippen LogP contribution >= 0.6 is 0 Å². The van der Waals surface area contributed by atoms with Gasteiger partial charge in [0.2, 0.25) is 5.91 Å². The van der Waals surface area contributed by atoms with Crippen LogP contribution in [0.2, 0.25) is 0 Å². The molecule has 0 saturated carbocycles. The first kappa shape index (κ1) is 13.5. The van der Waals surface area contributed by atoms with Gasteiger partial charge in [0.1, 0.15) is 0 Å². The summed E-state index contributed by atoms with van der Waals surface area (Å²) in [4.78, 5) is 13.3. The molecule has 1 heterocycles. The number of nitrogens with one attached hydrogen (secondary N) is 1. The second-order valence-corrected chi connectivity index (χ2v) is 4.71. The molecule has 0 radical (unpaired) electrons. The second-order valence-electron chi connectivity index (χ2n) is 4.71. The Labute approximate surface area is 98.3 Å². The van der Waals surface area contributed by atoms with E-state index < -0.39 is 0 Å². The quantitative estimate of drug-likeness (QED) is 0.781. The summed E-state index contributed by atoms with van der Waals surface area (Å²) in [5, 5.41) is 3.33. The third-order valence-corrected chi connectivity index (χ3v) is 3.14. The Kier molecular flexibility index (Phi) is 5.22. The van der Waals surface area contributed by atoms with E-state index >= 15 is 0 Å². The molecule has 2 atom stereocenters. The van der Waals surface area contributed by atoms with E-state index in [9.17, 15) is 4.79 Å². The molecule has 1 aliphatic heterocycles. The summed E-state index contributed by atoms with van der Waals surface area (Å²) < 4.78 is 5.66. The van der Waals surface area contributed by atoms with Gasteiger partial charge in [0, 0.05) is 19.6 Å². The van der Waals surface area contributed by atoms with Crippen LogP contribution < -0.4 is 5.32 Å². The zero-order valence-electron chi connectivity index (χ0n) is 10.8. The Bertz CT molecular complexity index is 223. The highest BCUT2D eigenvalue weighted by Crippen LogP contribution is 2.18. The summed E-state index contributed by atoms with van der Waals surface area (Å²) in [6.07, 6.45) is 2.57. The first-order valence-electron chi connectivity index (χ1n) is 6.15. The van der Waals surface area contributed by atoms with Gasteiger partial charge >= 0.3 is 0 Å². The van der Waals surface area contributed by atoms with Crippen LogP contribution in [-0.2, 0) is 9.53 Å². The highest BCUT2D eigenvalue weighted by atomic mass is 16.5. The zero-order valence-corrected chi connectivity index (χ0v) is 10.8. The number of likely N-dealkylation sites (N-methyl/N-ethyl adjacent to an activating group) is 1. The summed E-state index contributed by atoms with van der Waals surface area (Å²) >= 11 is 0. The topological polar surface area (TPSA) is 41.6 Å². The lowest BCUT2D eigenvalue weighted by atomic mass is 10.00. The fraction of sp³-hybridized carbons (Fsp3) is 0.917. The van der Waals surface area contributed by atoms with Gasteiger partial charge in [0.15, 0.2) is 0 Å². The third kappa shape index (κ3) is 4.10. The monoisotopic (exact) mass is 228 g/mol. The van der Waals surface area contributed by atoms with Crippen LogP contribution in [-0.4, -0.2) is 49.2 Å². The predicted octanol–water partition coefficient (Wildman–Crippen LogP) is 1.01. The van der Waals surface area contributed by atoms with Crippen molar-refractivity contribution in [3.05, 3.63) is 0 Å². The van der Waals surface area contributed by atoms with Crippen molar-refractivity contribution in [1.82, 2.24) is 10.2 Å². The van der Waals surface area contributed by atoms with Gasteiger partial charge < -0.3 is 15.0 Å². The second kappa shape index (κ2) is 6.21. The summed E-state index contributed by atoms with van der Waals surface area (Å²) in [5.74, 6) is 0.161. The fourth-order valence-corrected chi connectivity index (χ4v) is 2.11. The number of nitrogens with zero attached hydrogens (tertiary/aromatic N) is 1. The number of amides is 1. The average Bonchev–Trinajstić information content (AvgIpc) is 2.23. The van der Waals surface area contributed by atoms with E-state index in [0.717, 1.165) is 19.4 Å². The molecule has 4 heteroatoms. The normalized spacial score (nSPS) is 30.1. The fourth-order valence-electron chi connectivity index (χ4n) is 2.11. The highest BCUT2D eigenvalue weighted by Gasteiger charge is 2.24. The Balaban J connectivity index is 2.29. The molecule has 0 bridgehead atoms. The highest BCUT2D eigenvalue weighted by molar-refractivity contribution is 5.77. The van der Waals surface area contributed by atoms with Crippen LogP contribution in [0.1, 0.15) is 33.6 Å². The Hall–Kier alpha value is -0.610. The van der Waals surface area contributed by atoms with Gasteiger partial charge in [-0.15, -0.1) is 0 Å². The van der Waals surface area contributed by atoms with E-state index in [1.54, 1.807) is 4.90 Å². The van der Waals surface area contributed by atoms with E-state index in [0.29, 0.717) is 24.8 Å². The van der Waals surface area contributed by atoms with Crippen LogP contribution in [0.15, 0.2) is 0 Å². The maximum Gasteiger partial charge on any atom is 0.236 e. The van der Waals surface area contributed by atoms with Crippen molar-refractivity contribution in [2.24, 2.45) is 0 Å². The molecular weight excluding hydrogens is 204 g/mol. The maximum absolute atomic E-state index is 11.6. The molecule has 16 heavy (non-hydrogen) atoms. The van der Waals surface area contributed by atoms with Crippen molar-refractivity contribution >= 4 is 5.91 Å². The standard InChI is InChI=1S/C12H24N2O2/c1-5-14(4)12(15)8-13-11-6-9(2)16-10(3)7-11/h9-11,13H,5-8H2,1-4H3. The van der Waals surface area contributed by atoms with E-state index in [1.165, 1.54) is 0 Å². The van der Waals surface area contributed by atoms with Crippen LogP contribution in [0, 0.1) is 0 Å². The van der Waals surface area contributed by atoms with Gasteiger partial charge in [-0.05, 0) is 33.6 Å². The molecule has 1 N–H and O–H groups in total.